The Morgan fingerprint density at radius 2 is 1.59 bits per heavy atom. The molecule has 2 nitrogen and oxygen atoms in total. The first kappa shape index (κ1) is 23.2. The van der Waals surface area contributed by atoms with E-state index in [1.54, 1.807) is 0 Å². The molecule has 0 bridgehead atoms. The average Bonchev–Trinajstić information content (AvgIpc) is 2.83. The molecule has 2 unspecified atom stereocenters. The monoisotopic (exact) mass is 467 g/mol. The minimum absolute atomic E-state index is 0.280. The van der Waals surface area contributed by atoms with Crippen molar-refractivity contribution in [3.63, 3.8) is 0 Å². The number of halogens is 2. The van der Waals surface area contributed by atoms with Crippen LogP contribution in [0.4, 0.5) is 0 Å². The van der Waals surface area contributed by atoms with Crippen molar-refractivity contribution >= 4 is 23.2 Å². The molecule has 2 atom stereocenters. The Morgan fingerprint density at radius 3 is 2.31 bits per heavy atom. The van der Waals surface area contributed by atoms with Gasteiger partial charge >= 0.3 is 0 Å². The van der Waals surface area contributed by atoms with Gasteiger partial charge in [-0.1, -0.05) is 79.5 Å². The SMILES string of the molecule is CCN(CC)CCOc1ccc(C2c3ccccc3CCC2c2ccc(Cl)c(Cl)c2)cc1. The van der Waals surface area contributed by atoms with E-state index >= 15 is 0 Å². The Kier molecular flexibility index (Phi) is 7.78. The Labute approximate surface area is 202 Å². The average molecular weight is 468 g/mol. The number of ether oxygens (including phenoxy) is 1. The summed E-state index contributed by atoms with van der Waals surface area (Å²) in [6, 6.07) is 23.6. The molecule has 168 valence electrons. The molecule has 32 heavy (non-hydrogen) atoms. The fraction of sp³-hybridized carbons (Fsp3) is 0.357. The van der Waals surface area contributed by atoms with Crippen LogP contribution in [0.25, 0.3) is 0 Å². The molecule has 0 fully saturated rings. The van der Waals surface area contributed by atoms with Crippen molar-refractivity contribution in [3.8, 4) is 5.75 Å². The minimum atomic E-state index is 0.280. The molecular formula is C28H31Cl2NO. The van der Waals surface area contributed by atoms with Gasteiger partial charge in [-0.3, -0.25) is 0 Å². The maximum absolute atomic E-state index is 6.39. The third-order valence-electron chi connectivity index (χ3n) is 6.70. The molecule has 1 aliphatic rings. The highest BCUT2D eigenvalue weighted by Crippen LogP contribution is 2.47. The Bertz CT molecular complexity index is 1030. The summed E-state index contributed by atoms with van der Waals surface area (Å²) in [6.45, 7) is 8.13. The summed E-state index contributed by atoms with van der Waals surface area (Å²) in [7, 11) is 0. The van der Waals surface area contributed by atoms with E-state index in [0.717, 1.165) is 38.2 Å². The van der Waals surface area contributed by atoms with Crippen LogP contribution in [0.2, 0.25) is 10.0 Å². The van der Waals surface area contributed by atoms with Gasteiger partial charge in [0.25, 0.3) is 0 Å². The maximum atomic E-state index is 6.39. The van der Waals surface area contributed by atoms with Crippen LogP contribution in [0.3, 0.4) is 0 Å². The first-order valence-corrected chi connectivity index (χ1v) is 12.3. The van der Waals surface area contributed by atoms with Gasteiger partial charge in [-0.15, -0.1) is 0 Å². The zero-order chi connectivity index (χ0) is 22.5. The normalized spacial score (nSPS) is 17.9. The molecule has 3 aromatic rings. The summed E-state index contributed by atoms with van der Waals surface area (Å²) in [5.74, 6) is 1.56. The van der Waals surface area contributed by atoms with E-state index in [0.29, 0.717) is 22.6 Å². The lowest BCUT2D eigenvalue weighted by Crippen LogP contribution is -2.27. The molecule has 4 heteroatoms. The summed E-state index contributed by atoms with van der Waals surface area (Å²) < 4.78 is 6.02. The van der Waals surface area contributed by atoms with Crippen molar-refractivity contribution < 1.29 is 4.74 Å². The Morgan fingerprint density at radius 1 is 0.875 bits per heavy atom. The number of fused-ring (bicyclic) bond motifs is 1. The number of likely N-dealkylation sites (N-methyl/N-ethyl adjacent to an activating group) is 1. The topological polar surface area (TPSA) is 12.5 Å². The maximum Gasteiger partial charge on any atom is 0.119 e. The van der Waals surface area contributed by atoms with E-state index in [1.165, 1.54) is 22.3 Å². The molecule has 3 aromatic carbocycles. The molecule has 0 saturated heterocycles. The third-order valence-corrected chi connectivity index (χ3v) is 7.44. The number of rotatable bonds is 8. The molecule has 0 heterocycles. The molecule has 0 amide bonds. The van der Waals surface area contributed by atoms with Crippen LogP contribution in [0.5, 0.6) is 5.75 Å². The lowest BCUT2D eigenvalue weighted by Gasteiger charge is -2.35. The summed E-state index contributed by atoms with van der Waals surface area (Å²) >= 11 is 12.6. The predicted molar refractivity (Wildman–Crippen MR) is 136 cm³/mol. The van der Waals surface area contributed by atoms with Gasteiger partial charge in [0.05, 0.1) is 10.0 Å². The van der Waals surface area contributed by atoms with Crippen LogP contribution in [-0.2, 0) is 6.42 Å². The minimum Gasteiger partial charge on any atom is -0.492 e. The van der Waals surface area contributed by atoms with Crippen LogP contribution in [0.15, 0.2) is 66.7 Å². The lowest BCUT2D eigenvalue weighted by atomic mass is 9.69. The number of nitrogens with zero attached hydrogens (tertiary/aromatic N) is 1. The van der Waals surface area contributed by atoms with Crippen molar-refractivity contribution in [3.05, 3.63) is 99.0 Å². The van der Waals surface area contributed by atoms with Crippen molar-refractivity contribution in [1.82, 2.24) is 4.90 Å². The van der Waals surface area contributed by atoms with Gasteiger partial charge < -0.3 is 9.64 Å². The van der Waals surface area contributed by atoms with E-state index < -0.39 is 0 Å². The van der Waals surface area contributed by atoms with Crippen LogP contribution in [-0.4, -0.2) is 31.1 Å². The van der Waals surface area contributed by atoms with Crippen LogP contribution in [0.1, 0.15) is 54.4 Å². The van der Waals surface area contributed by atoms with E-state index in [9.17, 15) is 0 Å². The van der Waals surface area contributed by atoms with E-state index in [4.69, 9.17) is 27.9 Å². The smallest absolute Gasteiger partial charge is 0.119 e. The largest absolute Gasteiger partial charge is 0.492 e. The van der Waals surface area contributed by atoms with Gasteiger partial charge in [-0.05, 0) is 78.4 Å². The molecule has 0 aromatic heterocycles. The van der Waals surface area contributed by atoms with Crippen LogP contribution < -0.4 is 4.74 Å². The summed E-state index contributed by atoms with van der Waals surface area (Å²) in [6.07, 6.45) is 2.16. The number of hydrogen-bond acceptors (Lipinski definition) is 2. The molecule has 0 spiro atoms. The van der Waals surface area contributed by atoms with Crippen LogP contribution in [0, 0.1) is 0 Å². The quantitative estimate of drug-likeness (QED) is 0.338. The first-order valence-electron chi connectivity index (χ1n) is 11.6. The van der Waals surface area contributed by atoms with Gasteiger partial charge in [0.1, 0.15) is 12.4 Å². The fourth-order valence-electron chi connectivity index (χ4n) is 4.88. The second kappa shape index (κ2) is 10.7. The van der Waals surface area contributed by atoms with Crippen molar-refractivity contribution in [2.24, 2.45) is 0 Å². The summed E-state index contributed by atoms with van der Waals surface area (Å²) in [5.41, 5.74) is 5.40. The second-order valence-corrected chi connectivity index (χ2v) is 9.25. The van der Waals surface area contributed by atoms with Gasteiger partial charge in [0.2, 0.25) is 0 Å². The summed E-state index contributed by atoms with van der Waals surface area (Å²) in [5, 5.41) is 1.23. The molecule has 1 aliphatic carbocycles. The van der Waals surface area contributed by atoms with Gasteiger partial charge in [-0.2, -0.15) is 0 Å². The summed E-state index contributed by atoms with van der Waals surface area (Å²) in [4.78, 5) is 2.37. The first-order chi connectivity index (χ1) is 15.6. The predicted octanol–water partition coefficient (Wildman–Crippen LogP) is 7.58. The zero-order valence-corrected chi connectivity index (χ0v) is 20.4. The highest BCUT2D eigenvalue weighted by atomic mass is 35.5. The molecule has 4 rings (SSSR count). The molecular weight excluding hydrogens is 437 g/mol. The van der Waals surface area contributed by atoms with Crippen LogP contribution >= 0.6 is 23.2 Å². The van der Waals surface area contributed by atoms with E-state index in [-0.39, 0.29) is 5.92 Å². The fourth-order valence-corrected chi connectivity index (χ4v) is 5.18. The van der Waals surface area contributed by atoms with Crippen molar-refractivity contribution in [2.45, 2.75) is 38.5 Å². The number of aryl methyl sites for hydroxylation is 1. The van der Waals surface area contributed by atoms with Gasteiger partial charge in [0, 0.05) is 12.5 Å². The third kappa shape index (κ3) is 5.14. The van der Waals surface area contributed by atoms with E-state index in [2.05, 4.69) is 73.3 Å². The Hall–Kier alpha value is -2.00. The molecule has 0 N–H and O–H groups in total. The number of hydrogen-bond donors (Lipinski definition) is 0. The van der Waals surface area contributed by atoms with Gasteiger partial charge in [-0.25, -0.2) is 0 Å². The van der Waals surface area contributed by atoms with Crippen molar-refractivity contribution in [1.29, 1.82) is 0 Å². The highest BCUT2D eigenvalue weighted by Gasteiger charge is 2.32. The zero-order valence-electron chi connectivity index (χ0n) is 18.9. The molecule has 0 aliphatic heterocycles. The van der Waals surface area contributed by atoms with Crippen molar-refractivity contribution in [2.75, 3.05) is 26.2 Å². The van der Waals surface area contributed by atoms with Gasteiger partial charge in [0.15, 0.2) is 0 Å². The standard InChI is InChI=1S/C28H31Cl2NO/c1-3-31(4-2)17-18-32-23-13-9-21(10-14-23)28-24-8-6-5-7-20(24)11-15-25(28)22-12-16-26(29)27(30)19-22/h5-10,12-14,16,19,25,28H,3-4,11,15,17-18H2,1-2H3. The highest BCUT2D eigenvalue weighted by molar-refractivity contribution is 6.42. The lowest BCUT2D eigenvalue weighted by molar-refractivity contribution is 0.223. The molecule has 0 radical (unpaired) electrons. The number of benzene rings is 3. The Balaban J connectivity index is 1.60. The molecule has 0 saturated carbocycles. The second-order valence-electron chi connectivity index (χ2n) is 8.44. The van der Waals surface area contributed by atoms with E-state index in [1.807, 2.05) is 12.1 Å².